The van der Waals surface area contributed by atoms with E-state index in [2.05, 4.69) is 20.4 Å². The van der Waals surface area contributed by atoms with Gasteiger partial charge in [0.15, 0.2) is 0 Å². The number of rotatable bonds is 7. The third-order valence-electron chi connectivity index (χ3n) is 2.05. The molecule has 0 aromatic rings. The predicted molar refractivity (Wildman–Crippen MR) is 64.1 cm³/mol. The van der Waals surface area contributed by atoms with Crippen molar-refractivity contribution in [2.75, 3.05) is 0 Å². The molecule has 0 bridgehead atoms. The molecule has 0 aliphatic heterocycles. The lowest BCUT2D eigenvalue weighted by atomic mass is 10.1. The molecule has 0 aliphatic carbocycles. The quantitative estimate of drug-likeness (QED) is 0.421. The summed E-state index contributed by atoms with van der Waals surface area (Å²) in [4.78, 5) is 0. The summed E-state index contributed by atoms with van der Waals surface area (Å²) in [5, 5.41) is 7.51. The van der Waals surface area contributed by atoms with Gasteiger partial charge in [0.1, 0.15) is 0 Å². The van der Waals surface area contributed by atoms with E-state index in [1.807, 2.05) is 0 Å². The highest BCUT2D eigenvalue weighted by Gasteiger charge is 1.87. The Morgan fingerprint density at radius 2 is 1.21 bits per heavy atom. The number of hydrogen-bond donors (Lipinski definition) is 0. The molecule has 0 radical (unpaired) electrons. The van der Waals surface area contributed by atoms with Crippen LogP contribution in [0.3, 0.4) is 0 Å². The van der Waals surface area contributed by atoms with Gasteiger partial charge in [-0.05, 0) is 0 Å². The largest absolute Gasteiger partial charge is 0.193 e. The molecule has 14 heavy (non-hydrogen) atoms. The molecule has 0 unspecified atom stereocenters. The zero-order valence-corrected chi connectivity index (χ0v) is 9.89. The minimum Gasteiger partial charge on any atom is -0.193 e. The van der Waals surface area contributed by atoms with Crippen molar-refractivity contribution in [3.05, 3.63) is 12.7 Å². The highest BCUT2D eigenvalue weighted by atomic mass is 14.2. The molecule has 0 atom stereocenters. The zero-order valence-electron chi connectivity index (χ0n) is 9.89. The van der Waals surface area contributed by atoms with E-state index >= 15 is 0 Å². The maximum absolute atomic E-state index is 7.51. The van der Waals surface area contributed by atoms with Gasteiger partial charge in [-0.3, -0.25) is 0 Å². The van der Waals surface area contributed by atoms with E-state index in [0.29, 0.717) is 0 Å². The Kier molecular flexibility index (Phi) is 20.3. The number of hydrogen-bond acceptors (Lipinski definition) is 1. The summed E-state index contributed by atoms with van der Waals surface area (Å²) < 4.78 is 0. The third kappa shape index (κ3) is 22.5. The van der Waals surface area contributed by atoms with E-state index in [0.717, 1.165) is 0 Å². The smallest absolute Gasteiger partial charge is 0.0905 e. The lowest BCUT2D eigenvalue weighted by Gasteiger charge is -1.97. The van der Waals surface area contributed by atoms with E-state index in [1.54, 1.807) is 6.07 Å². The van der Waals surface area contributed by atoms with Gasteiger partial charge >= 0.3 is 0 Å². The van der Waals surface area contributed by atoms with Crippen LogP contribution in [0.15, 0.2) is 12.7 Å². The first kappa shape index (κ1) is 15.7. The Morgan fingerprint density at radius 1 is 0.929 bits per heavy atom. The second-order valence-electron chi connectivity index (χ2n) is 3.45. The van der Waals surface area contributed by atoms with Gasteiger partial charge in [-0.15, -0.1) is 0 Å². The number of unbranched alkanes of at least 4 members (excludes halogenated alkanes) is 7. The van der Waals surface area contributed by atoms with Crippen molar-refractivity contribution >= 4 is 0 Å². The molecule has 82 valence electrons. The number of nitriles is 1. The van der Waals surface area contributed by atoms with Crippen LogP contribution < -0.4 is 0 Å². The first-order valence-corrected chi connectivity index (χ1v) is 5.83. The van der Waals surface area contributed by atoms with Gasteiger partial charge in [-0.2, -0.15) is 5.26 Å². The second kappa shape index (κ2) is 18.1. The molecule has 0 saturated heterocycles. The molecule has 0 aromatic heterocycles. The molecule has 0 heterocycles. The van der Waals surface area contributed by atoms with Crippen LogP contribution in [-0.4, -0.2) is 0 Å². The van der Waals surface area contributed by atoms with Crippen molar-refractivity contribution in [1.82, 2.24) is 0 Å². The van der Waals surface area contributed by atoms with Crippen LogP contribution in [0.4, 0.5) is 0 Å². The average Bonchev–Trinajstić information content (AvgIpc) is 2.24. The summed E-state index contributed by atoms with van der Waals surface area (Å²) in [7, 11) is 0. The molecule has 0 aromatic carbocycles. The molecule has 0 saturated carbocycles. The fourth-order valence-corrected chi connectivity index (χ4v) is 1.21. The fourth-order valence-electron chi connectivity index (χ4n) is 1.21. The SMILES string of the molecule is C=CC#N.CCCCCCCCCC. The van der Waals surface area contributed by atoms with Gasteiger partial charge < -0.3 is 0 Å². The molecular formula is C13H25N. The van der Waals surface area contributed by atoms with Gasteiger partial charge in [-0.1, -0.05) is 71.8 Å². The van der Waals surface area contributed by atoms with Crippen LogP contribution in [0.2, 0.25) is 0 Å². The zero-order chi connectivity index (χ0) is 11.1. The third-order valence-corrected chi connectivity index (χ3v) is 2.05. The summed E-state index contributed by atoms with van der Waals surface area (Å²) in [5.74, 6) is 0. The molecule has 0 spiro atoms. The van der Waals surface area contributed by atoms with E-state index in [4.69, 9.17) is 5.26 Å². The van der Waals surface area contributed by atoms with Crippen LogP contribution in [-0.2, 0) is 0 Å². The Morgan fingerprint density at radius 3 is 1.43 bits per heavy atom. The van der Waals surface area contributed by atoms with Crippen molar-refractivity contribution in [3.8, 4) is 6.07 Å². The minimum absolute atomic E-state index is 1.18. The van der Waals surface area contributed by atoms with E-state index in [1.165, 1.54) is 57.4 Å². The second-order valence-corrected chi connectivity index (χ2v) is 3.45. The van der Waals surface area contributed by atoms with Crippen LogP contribution in [0.25, 0.3) is 0 Å². The van der Waals surface area contributed by atoms with Crippen molar-refractivity contribution in [2.24, 2.45) is 0 Å². The highest BCUT2D eigenvalue weighted by molar-refractivity contribution is 4.93. The van der Waals surface area contributed by atoms with Crippen LogP contribution >= 0.6 is 0 Å². The Labute approximate surface area is 89.8 Å². The van der Waals surface area contributed by atoms with Gasteiger partial charge in [0.2, 0.25) is 0 Å². The van der Waals surface area contributed by atoms with Gasteiger partial charge in [0.25, 0.3) is 0 Å². The van der Waals surface area contributed by atoms with Gasteiger partial charge in [0.05, 0.1) is 6.07 Å². The lowest BCUT2D eigenvalue weighted by molar-refractivity contribution is 0.585. The standard InChI is InChI=1S/C10H22.C3H3N/c1-3-5-7-9-10-8-6-4-2;1-2-3-4/h3-10H2,1-2H3;2H,1H2. The average molecular weight is 195 g/mol. The first-order valence-electron chi connectivity index (χ1n) is 5.83. The van der Waals surface area contributed by atoms with Crippen molar-refractivity contribution < 1.29 is 0 Å². The van der Waals surface area contributed by atoms with Gasteiger partial charge in [-0.25, -0.2) is 0 Å². The molecule has 0 fully saturated rings. The van der Waals surface area contributed by atoms with Crippen molar-refractivity contribution in [3.63, 3.8) is 0 Å². The lowest BCUT2D eigenvalue weighted by Crippen LogP contribution is -1.77. The van der Waals surface area contributed by atoms with Gasteiger partial charge in [0, 0.05) is 6.08 Å². The van der Waals surface area contributed by atoms with Crippen LogP contribution in [0.5, 0.6) is 0 Å². The maximum atomic E-state index is 7.51. The summed E-state index contributed by atoms with van der Waals surface area (Å²) in [6, 6.07) is 1.69. The summed E-state index contributed by atoms with van der Waals surface area (Å²) in [6.45, 7) is 7.66. The summed E-state index contributed by atoms with van der Waals surface area (Å²) in [5.41, 5.74) is 0. The summed E-state index contributed by atoms with van der Waals surface area (Å²) in [6.07, 6.45) is 12.6. The molecule has 0 N–H and O–H groups in total. The molecular weight excluding hydrogens is 170 g/mol. The number of allylic oxidation sites excluding steroid dienone is 1. The summed E-state index contributed by atoms with van der Waals surface area (Å²) >= 11 is 0. The number of nitrogens with zero attached hydrogens (tertiary/aromatic N) is 1. The van der Waals surface area contributed by atoms with E-state index in [-0.39, 0.29) is 0 Å². The molecule has 1 nitrogen and oxygen atoms in total. The van der Waals surface area contributed by atoms with Crippen molar-refractivity contribution in [1.29, 1.82) is 5.26 Å². The first-order chi connectivity index (χ1) is 6.83. The topological polar surface area (TPSA) is 23.8 Å². The monoisotopic (exact) mass is 195 g/mol. The molecule has 1 heteroatoms. The highest BCUT2D eigenvalue weighted by Crippen LogP contribution is 2.07. The van der Waals surface area contributed by atoms with E-state index in [9.17, 15) is 0 Å². The molecule has 0 rings (SSSR count). The van der Waals surface area contributed by atoms with Crippen molar-refractivity contribution in [2.45, 2.75) is 65.2 Å². The predicted octanol–water partition coefficient (Wildman–Crippen LogP) is 4.84. The minimum atomic E-state index is 1.18. The maximum Gasteiger partial charge on any atom is 0.0905 e. The Hall–Kier alpha value is -0.770. The fraction of sp³-hybridized carbons (Fsp3) is 0.769. The van der Waals surface area contributed by atoms with Crippen LogP contribution in [0.1, 0.15) is 65.2 Å². The molecule has 0 amide bonds. The molecule has 0 aliphatic rings. The van der Waals surface area contributed by atoms with E-state index < -0.39 is 0 Å². The Bertz CT molecular complexity index is 125. The Balaban J connectivity index is 0. The normalized spacial score (nSPS) is 8.36. The van der Waals surface area contributed by atoms with Crippen LogP contribution in [0, 0.1) is 11.3 Å².